The SMILES string of the molecule is CC(C)[C@H]1c2nc(NC(=O)Cc3ccc(Br)cn3)sc2CN1C(=O)OC(C)(C)C. The molecule has 2 aromatic heterocycles. The summed E-state index contributed by atoms with van der Waals surface area (Å²) in [5, 5.41) is 3.41. The number of halogens is 1. The van der Waals surface area contributed by atoms with Crippen molar-refractivity contribution in [2.24, 2.45) is 5.92 Å². The number of pyridine rings is 1. The second-order valence-corrected chi connectivity index (χ2v) is 10.3. The molecule has 7 nitrogen and oxygen atoms in total. The highest BCUT2D eigenvalue weighted by Gasteiger charge is 2.40. The number of carbonyl (C=O) groups is 2. The first-order valence-corrected chi connectivity index (χ1v) is 11.0. The van der Waals surface area contributed by atoms with Gasteiger partial charge in [-0.15, -0.1) is 0 Å². The third-order valence-electron chi connectivity index (χ3n) is 4.29. The minimum Gasteiger partial charge on any atom is -0.444 e. The van der Waals surface area contributed by atoms with Gasteiger partial charge >= 0.3 is 6.09 Å². The number of hydrogen-bond donors (Lipinski definition) is 1. The molecule has 0 aromatic carbocycles. The summed E-state index contributed by atoms with van der Waals surface area (Å²) < 4.78 is 6.42. The van der Waals surface area contributed by atoms with E-state index in [9.17, 15) is 9.59 Å². The molecule has 0 fully saturated rings. The monoisotopic (exact) mass is 480 g/mol. The Morgan fingerprint density at radius 2 is 2.10 bits per heavy atom. The zero-order valence-electron chi connectivity index (χ0n) is 17.2. The average Bonchev–Trinajstić information content (AvgIpc) is 3.12. The lowest BCUT2D eigenvalue weighted by Gasteiger charge is -2.30. The van der Waals surface area contributed by atoms with E-state index >= 15 is 0 Å². The molecule has 0 unspecified atom stereocenters. The van der Waals surface area contributed by atoms with Gasteiger partial charge in [0.25, 0.3) is 0 Å². The molecule has 0 aliphatic carbocycles. The molecular weight excluding hydrogens is 456 g/mol. The Hall–Kier alpha value is -2.00. The fourth-order valence-corrected chi connectivity index (χ4v) is 4.43. The van der Waals surface area contributed by atoms with Crippen molar-refractivity contribution < 1.29 is 14.3 Å². The van der Waals surface area contributed by atoms with E-state index in [1.165, 1.54) is 11.3 Å². The molecule has 0 bridgehead atoms. The second-order valence-electron chi connectivity index (χ2n) is 8.32. The summed E-state index contributed by atoms with van der Waals surface area (Å²) in [6.45, 7) is 10.1. The molecule has 0 saturated heterocycles. The predicted molar refractivity (Wildman–Crippen MR) is 116 cm³/mol. The summed E-state index contributed by atoms with van der Waals surface area (Å²) in [6.07, 6.45) is 1.50. The van der Waals surface area contributed by atoms with Gasteiger partial charge in [-0.05, 0) is 54.8 Å². The van der Waals surface area contributed by atoms with Crippen LogP contribution in [0.1, 0.15) is 56.9 Å². The standard InChI is InChI=1S/C20H25BrN4O3S/c1-11(2)17-16-14(10-25(17)19(27)28-20(3,4)5)29-18(24-16)23-15(26)8-13-7-6-12(21)9-22-13/h6-7,9,11,17H,8,10H2,1-5H3,(H,23,24,26)/t17-/m0/s1. The highest BCUT2D eigenvalue weighted by Crippen LogP contribution is 2.43. The summed E-state index contributed by atoms with van der Waals surface area (Å²) in [6, 6.07) is 3.49. The van der Waals surface area contributed by atoms with E-state index in [1.54, 1.807) is 17.2 Å². The van der Waals surface area contributed by atoms with E-state index in [0.717, 1.165) is 15.0 Å². The number of ether oxygens (including phenoxy) is 1. The van der Waals surface area contributed by atoms with E-state index in [0.29, 0.717) is 17.4 Å². The molecule has 0 saturated carbocycles. The zero-order valence-corrected chi connectivity index (χ0v) is 19.6. The topological polar surface area (TPSA) is 84.4 Å². The summed E-state index contributed by atoms with van der Waals surface area (Å²) in [5.74, 6) is -0.00118. The Morgan fingerprint density at radius 1 is 1.38 bits per heavy atom. The Bertz CT molecular complexity index is 905. The predicted octanol–water partition coefficient (Wildman–Crippen LogP) is 4.93. The van der Waals surface area contributed by atoms with Crippen molar-refractivity contribution in [3.63, 3.8) is 0 Å². The van der Waals surface area contributed by atoms with E-state index in [4.69, 9.17) is 4.74 Å². The molecule has 2 amide bonds. The van der Waals surface area contributed by atoms with Crippen LogP contribution in [-0.4, -0.2) is 32.5 Å². The highest BCUT2D eigenvalue weighted by molar-refractivity contribution is 9.10. The van der Waals surface area contributed by atoms with Crippen LogP contribution in [0.2, 0.25) is 0 Å². The van der Waals surface area contributed by atoms with Crippen LogP contribution in [0.4, 0.5) is 9.93 Å². The van der Waals surface area contributed by atoms with Gasteiger partial charge < -0.3 is 10.1 Å². The van der Waals surface area contributed by atoms with Crippen LogP contribution < -0.4 is 5.32 Å². The molecule has 0 radical (unpaired) electrons. The van der Waals surface area contributed by atoms with E-state index in [1.807, 2.05) is 40.7 Å². The number of carbonyl (C=O) groups excluding carboxylic acids is 2. The van der Waals surface area contributed by atoms with Crippen molar-refractivity contribution in [3.05, 3.63) is 39.1 Å². The van der Waals surface area contributed by atoms with Crippen molar-refractivity contribution in [2.45, 2.75) is 59.2 Å². The zero-order chi connectivity index (χ0) is 21.3. The molecule has 3 rings (SSSR count). The van der Waals surface area contributed by atoms with Gasteiger partial charge in [0.1, 0.15) is 5.60 Å². The van der Waals surface area contributed by atoms with Gasteiger partial charge in [-0.1, -0.05) is 25.2 Å². The molecule has 2 aromatic rings. The molecule has 156 valence electrons. The van der Waals surface area contributed by atoms with Gasteiger partial charge in [-0.2, -0.15) is 0 Å². The van der Waals surface area contributed by atoms with Crippen LogP contribution in [0.25, 0.3) is 0 Å². The summed E-state index contributed by atoms with van der Waals surface area (Å²) in [4.78, 5) is 36.5. The summed E-state index contributed by atoms with van der Waals surface area (Å²) >= 11 is 4.73. The van der Waals surface area contributed by atoms with Crippen LogP contribution in [0.3, 0.4) is 0 Å². The maximum atomic E-state index is 12.6. The van der Waals surface area contributed by atoms with E-state index < -0.39 is 5.60 Å². The van der Waals surface area contributed by atoms with Gasteiger partial charge in [-0.25, -0.2) is 9.78 Å². The highest BCUT2D eigenvalue weighted by atomic mass is 79.9. The van der Waals surface area contributed by atoms with Crippen molar-refractivity contribution in [2.75, 3.05) is 5.32 Å². The lowest BCUT2D eigenvalue weighted by molar-refractivity contribution is -0.115. The van der Waals surface area contributed by atoms with Gasteiger partial charge in [-0.3, -0.25) is 14.7 Å². The van der Waals surface area contributed by atoms with Gasteiger partial charge in [0, 0.05) is 16.4 Å². The number of rotatable bonds is 4. The van der Waals surface area contributed by atoms with Crippen LogP contribution in [0.15, 0.2) is 22.8 Å². The first-order chi connectivity index (χ1) is 13.5. The molecule has 29 heavy (non-hydrogen) atoms. The second kappa shape index (κ2) is 8.39. The summed E-state index contributed by atoms with van der Waals surface area (Å²) in [7, 11) is 0. The van der Waals surface area contributed by atoms with Crippen molar-refractivity contribution >= 4 is 44.4 Å². The number of aromatic nitrogens is 2. The molecular formula is C20H25BrN4O3S. The molecule has 0 spiro atoms. The maximum absolute atomic E-state index is 12.6. The Balaban J connectivity index is 1.70. The fourth-order valence-electron chi connectivity index (χ4n) is 3.18. The van der Waals surface area contributed by atoms with E-state index in [2.05, 4.69) is 31.2 Å². The molecule has 1 N–H and O–H groups in total. The van der Waals surface area contributed by atoms with Gasteiger partial charge in [0.2, 0.25) is 5.91 Å². The van der Waals surface area contributed by atoms with Gasteiger partial charge in [0.05, 0.1) is 29.6 Å². The lowest BCUT2D eigenvalue weighted by Crippen LogP contribution is -2.37. The normalized spacial score (nSPS) is 16.1. The number of hydrogen-bond acceptors (Lipinski definition) is 6. The van der Waals surface area contributed by atoms with Crippen LogP contribution >= 0.6 is 27.3 Å². The van der Waals surface area contributed by atoms with Crippen molar-refractivity contribution in [1.82, 2.24) is 14.9 Å². The smallest absolute Gasteiger partial charge is 0.411 e. The number of nitrogens with zero attached hydrogens (tertiary/aromatic N) is 3. The Morgan fingerprint density at radius 3 is 2.69 bits per heavy atom. The minimum atomic E-state index is -0.553. The number of thiazole rings is 1. The molecule has 1 atom stereocenters. The Kier molecular flexibility index (Phi) is 6.28. The first-order valence-electron chi connectivity index (χ1n) is 9.43. The maximum Gasteiger partial charge on any atom is 0.411 e. The summed E-state index contributed by atoms with van der Waals surface area (Å²) in [5.41, 5.74) is 0.973. The molecule has 1 aliphatic heterocycles. The van der Waals surface area contributed by atoms with E-state index in [-0.39, 0.29) is 30.4 Å². The van der Waals surface area contributed by atoms with Crippen molar-refractivity contribution in [1.29, 1.82) is 0 Å². The number of nitrogens with one attached hydrogen (secondary N) is 1. The fraction of sp³-hybridized carbons (Fsp3) is 0.500. The Labute approximate surface area is 183 Å². The third-order valence-corrected chi connectivity index (χ3v) is 5.73. The number of anilines is 1. The van der Waals surface area contributed by atoms with Gasteiger partial charge in [0.15, 0.2) is 5.13 Å². The van der Waals surface area contributed by atoms with Crippen LogP contribution in [0, 0.1) is 5.92 Å². The third kappa shape index (κ3) is 5.33. The minimum absolute atomic E-state index is 0.168. The number of amides is 2. The first kappa shape index (κ1) is 21.7. The quantitative estimate of drug-likeness (QED) is 0.670. The number of fused-ring (bicyclic) bond motifs is 1. The van der Waals surface area contributed by atoms with Crippen LogP contribution in [0.5, 0.6) is 0 Å². The van der Waals surface area contributed by atoms with Crippen molar-refractivity contribution in [3.8, 4) is 0 Å². The average molecular weight is 481 g/mol. The molecule has 9 heteroatoms. The molecule has 3 heterocycles. The molecule has 1 aliphatic rings. The van der Waals surface area contributed by atoms with Crippen LogP contribution in [-0.2, 0) is 22.5 Å². The largest absolute Gasteiger partial charge is 0.444 e. The lowest BCUT2D eigenvalue weighted by atomic mass is 10.0.